The van der Waals surface area contributed by atoms with E-state index in [1.54, 1.807) is 0 Å². The number of halogens is 1. The average Bonchev–Trinajstić information content (AvgIpc) is 2.79. The summed E-state index contributed by atoms with van der Waals surface area (Å²) in [5, 5.41) is 2.93. The van der Waals surface area contributed by atoms with Crippen LogP contribution in [-0.2, 0) is 4.79 Å². The molecule has 0 spiro atoms. The van der Waals surface area contributed by atoms with E-state index in [0.717, 1.165) is 16.6 Å². The fraction of sp³-hybridized carbons (Fsp3) is 0.417. The van der Waals surface area contributed by atoms with Crippen molar-refractivity contribution < 1.29 is 4.79 Å². The van der Waals surface area contributed by atoms with E-state index in [-0.39, 0.29) is 17.2 Å². The minimum atomic E-state index is 0.141. The largest absolute Gasteiger partial charge is 0.326 e. The molecule has 0 aliphatic heterocycles. The molecule has 1 atom stereocenters. The van der Waals surface area contributed by atoms with Gasteiger partial charge in [-0.25, -0.2) is 0 Å². The lowest BCUT2D eigenvalue weighted by atomic mass is 10.1. The number of rotatable bonds is 2. The van der Waals surface area contributed by atoms with E-state index in [4.69, 9.17) is 0 Å². The third kappa shape index (κ3) is 2.40. The van der Waals surface area contributed by atoms with Crippen LogP contribution in [0.4, 0.5) is 5.69 Å². The fourth-order valence-corrected chi connectivity index (χ4v) is 1.94. The van der Waals surface area contributed by atoms with Gasteiger partial charge in [0.05, 0.1) is 0 Å². The van der Waals surface area contributed by atoms with Crippen LogP contribution in [0.2, 0.25) is 0 Å². The second kappa shape index (κ2) is 3.63. The highest BCUT2D eigenvalue weighted by Gasteiger charge is 2.50. The van der Waals surface area contributed by atoms with Gasteiger partial charge in [-0.3, -0.25) is 4.79 Å². The summed E-state index contributed by atoms with van der Waals surface area (Å²) in [6, 6.07) is 7.65. The molecule has 2 rings (SSSR count). The number of anilines is 1. The summed E-state index contributed by atoms with van der Waals surface area (Å²) >= 11 is 3.36. The highest BCUT2D eigenvalue weighted by atomic mass is 79.9. The van der Waals surface area contributed by atoms with Crippen molar-refractivity contribution in [3.05, 3.63) is 28.7 Å². The number of benzene rings is 1. The molecule has 0 aromatic heterocycles. The zero-order chi connectivity index (χ0) is 11.1. The summed E-state index contributed by atoms with van der Waals surface area (Å²) < 4.78 is 1.02. The second-order valence-electron chi connectivity index (χ2n) is 4.74. The van der Waals surface area contributed by atoms with E-state index in [2.05, 4.69) is 35.1 Å². The van der Waals surface area contributed by atoms with Gasteiger partial charge in [-0.05, 0) is 36.1 Å². The summed E-state index contributed by atoms with van der Waals surface area (Å²) in [4.78, 5) is 11.8. The first kappa shape index (κ1) is 10.7. The van der Waals surface area contributed by atoms with Gasteiger partial charge in [0, 0.05) is 16.1 Å². The van der Waals surface area contributed by atoms with Gasteiger partial charge in [0.1, 0.15) is 0 Å². The molecule has 1 fully saturated rings. The van der Waals surface area contributed by atoms with E-state index in [0.29, 0.717) is 0 Å². The van der Waals surface area contributed by atoms with Crippen LogP contribution in [-0.4, -0.2) is 5.91 Å². The van der Waals surface area contributed by atoms with Gasteiger partial charge in [0.15, 0.2) is 0 Å². The molecule has 1 aromatic carbocycles. The minimum absolute atomic E-state index is 0.141. The van der Waals surface area contributed by atoms with Crippen LogP contribution < -0.4 is 5.32 Å². The molecule has 1 N–H and O–H groups in total. The minimum Gasteiger partial charge on any atom is -0.326 e. The molecular formula is C12H14BrNO. The topological polar surface area (TPSA) is 29.1 Å². The van der Waals surface area contributed by atoms with E-state index in [1.165, 1.54) is 0 Å². The standard InChI is InChI=1S/C12H14BrNO/c1-12(2)7-10(12)11(15)14-9-5-3-8(13)4-6-9/h3-6,10H,7H2,1-2H3,(H,14,15). The van der Waals surface area contributed by atoms with E-state index >= 15 is 0 Å². The number of hydrogen-bond acceptors (Lipinski definition) is 1. The lowest BCUT2D eigenvalue weighted by molar-refractivity contribution is -0.117. The second-order valence-corrected chi connectivity index (χ2v) is 5.66. The van der Waals surface area contributed by atoms with Gasteiger partial charge in [-0.15, -0.1) is 0 Å². The van der Waals surface area contributed by atoms with Crippen LogP contribution >= 0.6 is 15.9 Å². The molecule has 0 radical (unpaired) electrons. The Balaban J connectivity index is 1.98. The molecule has 2 nitrogen and oxygen atoms in total. The summed E-state index contributed by atoms with van der Waals surface area (Å²) in [5.74, 6) is 0.323. The van der Waals surface area contributed by atoms with E-state index in [9.17, 15) is 4.79 Å². The summed E-state index contributed by atoms with van der Waals surface area (Å²) in [6.07, 6.45) is 0.995. The van der Waals surface area contributed by atoms with Crippen LogP contribution in [0.25, 0.3) is 0 Å². The molecule has 1 aliphatic rings. The normalized spacial score (nSPS) is 22.2. The molecule has 0 heterocycles. The van der Waals surface area contributed by atoms with Crippen molar-refractivity contribution in [3.8, 4) is 0 Å². The Morgan fingerprint density at radius 2 is 1.93 bits per heavy atom. The third-order valence-electron chi connectivity index (χ3n) is 2.94. The molecule has 3 heteroatoms. The van der Waals surface area contributed by atoms with Crippen LogP contribution in [0.5, 0.6) is 0 Å². The van der Waals surface area contributed by atoms with Gasteiger partial charge in [-0.1, -0.05) is 29.8 Å². The van der Waals surface area contributed by atoms with Crippen LogP contribution in [0.3, 0.4) is 0 Å². The maximum absolute atomic E-state index is 11.8. The SMILES string of the molecule is CC1(C)CC1C(=O)Nc1ccc(Br)cc1. The van der Waals surface area contributed by atoms with Crippen molar-refractivity contribution in [1.29, 1.82) is 0 Å². The van der Waals surface area contributed by atoms with Crippen LogP contribution in [0.15, 0.2) is 28.7 Å². The van der Waals surface area contributed by atoms with Crippen LogP contribution in [0, 0.1) is 11.3 Å². The first-order valence-corrected chi connectivity index (χ1v) is 5.85. The molecule has 1 saturated carbocycles. The highest BCUT2D eigenvalue weighted by molar-refractivity contribution is 9.10. The Morgan fingerprint density at radius 3 is 2.40 bits per heavy atom. The first-order valence-electron chi connectivity index (χ1n) is 5.05. The predicted octanol–water partition coefficient (Wildman–Crippen LogP) is 3.43. The molecule has 1 aromatic rings. The summed E-state index contributed by atoms with van der Waals surface area (Å²) in [7, 11) is 0. The fourth-order valence-electron chi connectivity index (χ4n) is 1.68. The van der Waals surface area contributed by atoms with Gasteiger partial charge in [-0.2, -0.15) is 0 Å². The first-order chi connectivity index (χ1) is 6.99. The highest BCUT2D eigenvalue weighted by Crippen LogP contribution is 2.51. The van der Waals surface area contributed by atoms with Gasteiger partial charge in [0.25, 0.3) is 0 Å². The zero-order valence-corrected chi connectivity index (χ0v) is 10.5. The number of hydrogen-bond donors (Lipinski definition) is 1. The summed E-state index contributed by atoms with van der Waals surface area (Å²) in [5.41, 5.74) is 1.06. The monoisotopic (exact) mass is 267 g/mol. The van der Waals surface area contributed by atoms with Crippen molar-refractivity contribution in [2.45, 2.75) is 20.3 Å². The van der Waals surface area contributed by atoms with Crippen molar-refractivity contribution in [2.75, 3.05) is 5.32 Å². The summed E-state index contributed by atoms with van der Waals surface area (Å²) in [6.45, 7) is 4.25. The molecule has 0 bridgehead atoms. The van der Waals surface area contributed by atoms with Crippen molar-refractivity contribution in [3.63, 3.8) is 0 Å². The molecular weight excluding hydrogens is 254 g/mol. The Hall–Kier alpha value is -0.830. The maximum atomic E-state index is 11.8. The molecule has 1 unspecified atom stereocenters. The smallest absolute Gasteiger partial charge is 0.228 e. The molecule has 1 amide bonds. The molecule has 0 saturated heterocycles. The number of nitrogens with one attached hydrogen (secondary N) is 1. The van der Waals surface area contributed by atoms with Crippen molar-refractivity contribution in [2.24, 2.45) is 11.3 Å². The van der Waals surface area contributed by atoms with Crippen LogP contribution in [0.1, 0.15) is 20.3 Å². The zero-order valence-electron chi connectivity index (χ0n) is 8.88. The maximum Gasteiger partial charge on any atom is 0.228 e. The molecule has 1 aliphatic carbocycles. The third-order valence-corrected chi connectivity index (χ3v) is 3.47. The number of amides is 1. The lowest BCUT2D eigenvalue weighted by Gasteiger charge is -2.06. The quantitative estimate of drug-likeness (QED) is 0.874. The average molecular weight is 268 g/mol. The van der Waals surface area contributed by atoms with Crippen molar-refractivity contribution >= 4 is 27.5 Å². The van der Waals surface area contributed by atoms with Gasteiger partial charge >= 0.3 is 0 Å². The number of carbonyl (C=O) groups excluding carboxylic acids is 1. The molecule has 15 heavy (non-hydrogen) atoms. The Labute approximate surface area is 98.2 Å². The lowest BCUT2D eigenvalue weighted by Crippen LogP contribution is -2.16. The Bertz CT molecular complexity index is 383. The predicted molar refractivity (Wildman–Crippen MR) is 64.7 cm³/mol. The number of carbonyl (C=O) groups is 1. The Morgan fingerprint density at radius 1 is 1.40 bits per heavy atom. The van der Waals surface area contributed by atoms with Gasteiger partial charge in [0.2, 0.25) is 5.91 Å². The van der Waals surface area contributed by atoms with E-state index < -0.39 is 0 Å². The van der Waals surface area contributed by atoms with Gasteiger partial charge < -0.3 is 5.32 Å². The van der Waals surface area contributed by atoms with Crippen molar-refractivity contribution in [1.82, 2.24) is 0 Å². The molecule has 80 valence electrons. The Kier molecular flexibility index (Phi) is 2.59. The van der Waals surface area contributed by atoms with E-state index in [1.807, 2.05) is 24.3 Å².